The van der Waals surface area contributed by atoms with E-state index in [1.165, 1.54) is 17.0 Å². The van der Waals surface area contributed by atoms with E-state index in [2.05, 4.69) is 0 Å². The molecule has 2 unspecified atom stereocenters. The Kier molecular flexibility index (Phi) is 8.09. The first-order chi connectivity index (χ1) is 20.2. The zero-order valence-electron chi connectivity index (χ0n) is 24.3. The molecule has 5 rings (SSSR count). The Bertz CT molecular complexity index is 1550. The Labute approximate surface area is 248 Å². The van der Waals surface area contributed by atoms with E-state index in [0.29, 0.717) is 60.2 Å². The second-order valence-corrected chi connectivity index (χ2v) is 11.9. The number of ether oxygens (including phenoxy) is 1. The van der Waals surface area contributed by atoms with Gasteiger partial charge in [-0.2, -0.15) is 13.2 Å². The highest BCUT2D eigenvalue weighted by Crippen LogP contribution is 2.34. The van der Waals surface area contributed by atoms with Gasteiger partial charge in [0.15, 0.2) is 5.78 Å². The molecule has 7 nitrogen and oxygen atoms in total. The molecule has 0 aliphatic carbocycles. The molecular formula is C33H34F3N3O4. The molecule has 1 saturated heterocycles. The Morgan fingerprint density at radius 2 is 1.60 bits per heavy atom. The molecule has 2 atom stereocenters. The van der Waals surface area contributed by atoms with E-state index < -0.39 is 35.6 Å². The largest absolute Gasteiger partial charge is 0.444 e. The first-order valence-corrected chi connectivity index (χ1v) is 14.2. The van der Waals surface area contributed by atoms with Crippen molar-refractivity contribution in [3.05, 3.63) is 94.5 Å². The number of benzene rings is 3. The first kappa shape index (κ1) is 30.3. The third kappa shape index (κ3) is 6.29. The van der Waals surface area contributed by atoms with Crippen LogP contribution in [0.4, 0.5) is 18.0 Å². The highest BCUT2D eigenvalue weighted by Gasteiger charge is 2.41. The number of hydrogen-bond acceptors (Lipinski definition) is 5. The Morgan fingerprint density at radius 3 is 2.28 bits per heavy atom. The molecule has 226 valence electrons. The molecule has 0 bridgehead atoms. The number of fused-ring (bicyclic) bond motifs is 1. The van der Waals surface area contributed by atoms with Crippen LogP contribution in [0.3, 0.4) is 0 Å². The van der Waals surface area contributed by atoms with Gasteiger partial charge in [0.1, 0.15) is 17.8 Å². The van der Waals surface area contributed by atoms with Crippen LogP contribution < -0.4 is 5.73 Å². The lowest BCUT2D eigenvalue weighted by molar-refractivity contribution is -0.139. The summed E-state index contributed by atoms with van der Waals surface area (Å²) in [6, 6.07) is 16.0. The Hall–Kier alpha value is -4.18. The van der Waals surface area contributed by atoms with E-state index in [9.17, 15) is 27.6 Å². The quantitative estimate of drug-likeness (QED) is 0.356. The minimum absolute atomic E-state index is 0.230. The number of nitrogens with zero attached hydrogens (tertiary/aromatic N) is 2. The maximum absolute atomic E-state index is 13.7. The van der Waals surface area contributed by atoms with Crippen LogP contribution in [0, 0.1) is 0 Å². The maximum atomic E-state index is 13.7. The molecule has 1 fully saturated rings. The smallest absolute Gasteiger partial charge is 0.416 e. The lowest BCUT2D eigenvalue weighted by atomic mass is 9.89. The van der Waals surface area contributed by atoms with Gasteiger partial charge in [0.25, 0.3) is 0 Å². The molecule has 0 radical (unpaired) electrons. The molecule has 2 aliphatic rings. The van der Waals surface area contributed by atoms with Crippen molar-refractivity contribution >= 4 is 17.8 Å². The number of halogens is 3. The monoisotopic (exact) mass is 593 g/mol. The van der Waals surface area contributed by atoms with Crippen LogP contribution in [0.2, 0.25) is 0 Å². The van der Waals surface area contributed by atoms with Gasteiger partial charge in [-0.15, -0.1) is 0 Å². The fourth-order valence-electron chi connectivity index (χ4n) is 5.73. The average Bonchev–Trinajstić information content (AvgIpc) is 3.46. The van der Waals surface area contributed by atoms with Crippen molar-refractivity contribution in [1.82, 2.24) is 9.80 Å². The molecule has 43 heavy (non-hydrogen) atoms. The molecule has 2 amide bonds. The third-order valence-corrected chi connectivity index (χ3v) is 7.83. The van der Waals surface area contributed by atoms with E-state index in [1.54, 1.807) is 68.1 Å². The zero-order chi connectivity index (χ0) is 31.1. The minimum Gasteiger partial charge on any atom is -0.444 e. The second-order valence-electron chi connectivity index (χ2n) is 11.9. The van der Waals surface area contributed by atoms with Gasteiger partial charge < -0.3 is 15.4 Å². The fraction of sp³-hybridized carbons (Fsp3) is 0.364. The van der Waals surface area contributed by atoms with Crippen molar-refractivity contribution in [3.8, 4) is 11.1 Å². The summed E-state index contributed by atoms with van der Waals surface area (Å²) >= 11 is 0. The topological polar surface area (TPSA) is 92.9 Å². The summed E-state index contributed by atoms with van der Waals surface area (Å²) in [5, 5.41) is 0. The molecular weight excluding hydrogens is 559 g/mol. The third-order valence-electron chi connectivity index (χ3n) is 7.83. The molecule has 2 aliphatic heterocycles. The number of rotatable bonds is 4. The zero-order valence-corrected chi connectivity index (χ0v) is 24.3. The summed E-state index contributed by atoms with van der Waals surface area (Å²) in [5.41, 5.74) is 8.49. The second kappa shape index (κ2) is 11.5. The van der Waals surface area contributed by atoms with E-state index in [4.69, 9.17) is 10.5 Å². The summed E-state index contributed by atoms with van der Waals surface area (Å²) in [5.74, 6) is -0.503. The van der Waals surface area contributed by atoms with E-state index >= 15 is 0 Å². The van der Waals surface area contributed by atoms with Gasteiger partial charge >= 0.3 is 12.3 Å². The minimum atomic E-state index is -4.45. The van der Waals surface area contributed by atoms with Crippen LogP contribution in [0.5, 0.6) is 0 Å². The van der Waals surface area contributed by atoms with Crippen LogP contribution >= 0.6 is 0 Å². The van der Waals surface area contributed by atoms with E-state index in [1.807, 2.05) is 0 Å². The number of carbonyl (C=O) groups excluding carboxylic acids is 3. The van der Waals surface area contributed by atoms with Crippen molar-refractivity contribution in [2.24, 2.45) is 5.73 Å². The maximum Gasteiger partial charge on any atom is 0.416 e. The molecule has 2 N–H and O–H groups in total. The van der Waals surface area contributed by atoms with Gasteiger partial charge in [0, 0.05) is 24.2 Å². The van der Waals surface area contributed by atoms with Crippen LogP contribution in [0.25, 0.3) is 11.1 Å². The van der Waals surface area contributed by atoms with Crippen LogP contribution in [-0.2, 0) is 22.1 Å². The number of carbonyl (C=O) groups is 3. The number of alkyl halides is 3. The van der Waals surface area contributed by atoms with Crippen LogP contribution in [0.1, 0.15) is 72.4 Å². The highest BCUT2D eigenvalue weighted by molar-refractivity contribution is 6.13. The van der Waals surface area contributed by atoms with Gasteiger partial charge in [-0.3, -0.25) is 14.5 Å². The van der Waals surface area contributed by atoms with Gasteiger partial charge in [0.2, 0.25) is 5.91 Å². The number of nitrogens with two attached hydrogens (primary N) is 1. The van der Waals surface area contributed by atoms with Crippen LogP contribution in [-0.4, -0.2) is 52.3 Å². The molecule has 0 saturated carbocycles. The summed E-state index contributed by atoms with van der Waals surface area (Å²) in [6.45, 7) is 6.10. The SMILES string of the molecule is CC(C)(C)OC(=O)N1CCCC1C(=O)N1CCc2cc(C(=O)c3ccccc3-c3ccc(C(F)(F)F)cc3)ccc2C1N. The van der Waals surface area contributed by atoms with Crippen molar-refractivity contribution in [3.63, 3.8) is 0 Å². The van der Waals surface area contributed by atoms with Crippen molar-refractivity contribution in [2.45, 2.75) is 64.0 Å². The van der Waals surface area contributed by atoms with Gasteiger partial charge in [-0.25, -0.2) is 4.79 Å². The predicted molar refractivity (Wildman–Crippen MR) is 155 cm³/mol. The lowest BCUT2D eigenvalue weighted by Crippen LogP contribution is -2.53. The van der Waals surface area contributed by atoms with E-state index in [0.717, 1.165) is 17.7 Å². The molecule has 0 spiro atoms. The normalized spacial score (nSPS) is 18.8. The lowest BCUT2D eigenvalue weighted by Gasteiger charge is -2.38. The van der Waals surface area contributed by atoms with Crippen molar-refractivity contribution in [1.29, 1.82) is 0 Å². The number of ketones is 1. The summed E-state index contributed by atoms with van der Waals surface area (Å²) < 4.78 is 44.7. The Morgan fingerprint density at radius 1 is 0.907 bits per heavy atom. The molecule has 10 heteroatoms. The Balaban J connectivity index is 1.35. The van der Waals surface area contributed by atoms with Crippen molar-refractivity contribution < 1.29 is 32.3 Å². The standard InChI is InChI=1S/C33H34F3N3O4/c1-32(2,3)43-31(42)38-17-6-9-27(38)30(41)39-18-16-21-19-22(12-15-25(21)29(39)37)28(40)26-8-5-4-7-24(26)20-10-13-23(14-11-20)33(34,35)36/h4-5,7-8,10-15,19,27,29H,6,9,16-18,37H2,1-3H3. The number of amides is 2. The molecule has 3 aromatic carbocycles. The van der Waals surface area contributed by atoms with E-state index in [-0.39, 0.29) is 11.7 Å². The van der Waals surface area contributed by atoms with Crippen molar-refractivity contribution in [2.75, 3.05) is 13.1 Å². The number of likely N-dealkylation sites (tertiary alicyclic amines) is 1. The predicted octanol–water partition coefficient (Wildman–Crippen LogP) is 6.34. The molecule has 0 aromatic heterocycles. The molecule has 2 heterocycles. The fourth-order valence-corrected chi connectivity index (χ4v) is 5.73. The van der Waals surface area contributed by atoms with Gasteiger partial charge in [0.05, 0.1) is 5.56 Å². The first-order valence-electron chi connectivity index (χ1n) is 14.2. The van der Waals surface area contributed by atoms with Gasteiger partial charge in [-0.05, 0) is 80.5 Å². The number of hydrogen-bond donors (Lipinski definition) is 1. The summed E-state index contributed by atoms with van der Waals surface area (Å²) in [6.07, 6.45) is -4.04. The highest BCUT2D eigenvalue weighted by atomic mass is 19.4. The van der Waals surface area contributed by atoms with Crippen LogP contribution in [0.15, 0.2) is 66.7 Å². The molecule has 3 aromatic rings. The summed E-state index contributed by atoms with van der Waals surface area (Å²) in [7, 11) is 0. The van der Waals surface area contributed by atoms with Gasteiger partial charge in [-0.1, -0.05) is 48.5 Å². The average molecular weight is 594 g/mol. The summed E-state index contributed by atoms with van der Waals surface area (Å²) in [4.78, 5) is 43.1.